The summed E-state index contributed by atoms with van der Waals surface area (Å²) in [4.78, 5) is 11.5. The highest BCUT2D eigenvalue weighted by Gasteiger charge is 2.30. The number of hydrogen-bond donors (Lipinski definition) is 1. The van der Waals surface area contributed by atoms with E-state index in [2.05, 4.69) is 5.32 Å². The van der Waals surface area contributed by atoms with Crippen LogP contribution in [0.5, 0.6) is 0 Å². The monoisotopic (exact) mass is 367 g/mol. The van der Waals surface area contributed by atoms with Gasteiger partial charge in [-0.2, -0.15) is 13.2 Å². The minimum absolute atomic E-state index is 0.0460. The van der Waals surface area contributed by atoms with Gasteiger partial charge in [0.05, 0.1) is 5.56 Å². The van der Waals surface area contributed by atoms with Gasteiger partial charge in [-0.3, -0.25) is 0 Å². The Bertz CT molecular complexity index is 758. The molecule has 0 atom stereocenters. The van der Waals surface area contributed by atoms with E-state index >= 15 is 0 Å². The van der Waals surface area contributed by atoms with E-state index in [1.165, 1.54) is 6.08 Å². The smallest absolute Gasteiger partial charge is 0.416 e. The molecule has 26 heavy (non-hydrogen) atoms. The van der Waals surface area contributed by atoms with Gasteiger partial charge in [-0.25, -0.2) is 9.18 Å². The van der Waals surface area contributed by atoms with Crippen LogP contribution in [0.1, 0.15) is 23.1 Å². The molecule has 2 aromatic rings. The molecule has 0 spiro atoms. The fourth-order valence-electron chi connectivity index (χ4n) is 2.08. The maximum Gasteiger partial charge on any atom is 0.416 e. The quantitative estimate of drug-likeness (QED) is 0.565. The Labute approximate surface area is 148 Å². The summed E-state index contributed by atoms with van der Waals surface area (Å²) in [6.45, 7) is 0.408. The van der Waals surface area contributed by atoms with Gasteiger partial charge >= 0.3 is 12.3 Å². The zero-order chi connectivity index (χ0) is 19.0. The molecule has 138 valence electrons. The first-order chi connectivity index (χ1) is 12.4. The van der Waals surface area contributed by atoms with Gasteiger partial charge in [-0.15, -0.1) is 0 Å². The summed E-state index contributed by atoms with van der Waals surface area (Å²) >= 11 is 0. The van der Waals surface area contributed by atoms with Crippen LogP contribution in [0.15, 0.2) is 54.6 Å². The van der Waals surface area contributed by atoms with Crippen LogP contribution in [0.25, 0.3) is 6.08 Å². The first kappa shape index (κ1) is 19.5. The van der Waals surface area contributed by atoms with Gasteiger partial charge < -0.3 is 10.1 Å². The number of nitrogens with one attached hydrogen (secondary N) is 1. The fourth-order valence-corrected chi connectivity index (χ4v) is 2.08. The number of alkyl halides is 3. The number of hydrogen-bond acceptors (Lipinski definition) is 2. The lowest BCUT2D eigenvalue weighted by Crippen LogP contribution is -2.24. The van der Waals surface area contributed by atoms with Crippen molar-refractivity contribution in [1.82, 2.24) is 5.32 Å². The van der Waals surface area contributed by atoms with Crippen LogP contribution in [-0.4, -0.2) is 12.6 Å². The number of ether oxygens (including phenoxy) is 1. The van der Waals surface area contributed by atoms with Crippen molar-refractivity contribution in [3.05, 3.63) is 77.1 Å². The maximum absolute atomic E-state index is 13.6. The number of halogens is 4. The lowest BCUT2D eigenvalue weighted by molar-refractivity contribution is -0.137. The molecule has 0 aliphatic rings. The molecule has 0 bridgehead atoms. The molecular formula is C19H17F4NO2. The molecule has 0 saturated carbocycles. The molecule has 3 nitrogen and oxygen atoms in total. The minimum Gasteiger partial charge on any atom is -0.445 e. The molecule has 0 unspecified atom stereocenters. The topological polar surface area (TPSA) is 38.3 Å². The number of carbonyl (C=O) groups excluding carboxylic acids is 1. The van der Waals surface area contributed by atoms with Crippen molar-refractivity contribution in [3.8, 4) is 0 Å². The second-order valence-corrected chi connectivity index (χ2v) is 5.41. The Kier molecular flexibility index (Phi) is 6.77. The average molecular weight is 367 g/mol. The summed E-state index contributed by atoms with van der Waals surface area (Å²) in [5.74, 6) is -0.952. The van der Waals surface area contributed by atoms with Gasteiger partial charge in [0, 0.05) is 12.1 Å². The van der Waals surface area contributed by atoms with Crippen molar-refractivity contribution in [3.63, 3.8) is 0 Å². The molecule has 0 radical (unpaired) electrons. The highest BCUT2D eigenvalue weighted by Crippen LogP contribution is 2.30. The van der Waals surface area contributed by atoms with E-state index in [0.717, 1.165) is 17.7 Å². The summed E-state index contributed by atoms with van der Waals surface area (Å²) < 4.78 is 56.0. The van der Waals surface area contributed by atoms with Crippen LogP contribution in [0.4, 0.5) is 22.4 Å². The fraction of sp³-hybridized carbons (Fsp3) is 0.211. The predicted molar refractivity (Wildman–Crippen MR) is 89.7 cm³/mol. The zero-order valence-electron chi connectivity index (χ0n) is 13.7. The minimum atomic E-state index is -4.58. The van der Waals surface area contributed by atoms with E-state index in [1.807, 2.05) is 30.3 Å². The number of rotatable bonds is 6. The van der Waals surface area contributed by atoms with Crippen molar-refractivity contribution < 1.29 is 27.1 Å². The van der Waals surface area contributed by atoms with Crippen molar-refractivity contribution in [2.75, 3.05) is 6.54 Å². The number of amides is 1. The average Bonchev–Trinajstić information content (AvgIpc) is 2.61. The Balaban J connectivity index is 1.73. The third kappa shape index (κ3) is 6.23. The van der Waals surface area contributed by atoms with Crippen molar-refractivity contribution in [1.29, 1.82) is 0 Å². The summed E-state index contributed by atoms with van der Waals surface area (Å²) in [6, 6.07) is 11.5. The molecule has 0 saturated heterocycles. The molecule has 7 heteroatoms. The van der Waals surface area contributed by atoms with Crippen LogP contribution in [-0.2, 0) is 17.5 Å². The first-order valence-electron chi connectivity index (χ1n) is 7.84. The highest BCUT2D eigenvalue weighted by molar-refractivity contribution is 5.67. The Morgan fingerprint density at radius 1 is 1.12 bits per heavy atom. The van der Waals surface area contributed by atoms with E-state index < -0.39 is 23.7 Å². The van der Waals surface area contributed by atoms with E-state index in [4.69, 9.17) is 4.74 Å². The predicted octanol–water partition coefficient (Wildman–Crippen LogP) is 5.17. The van der Waals surface area contributed by atoms with Gasteiger partial charge in [-0.1, -0.05) is 48.6 Å². The SMILES string of the molecule is O=C(NCCC=Cc1ccc(C(F)(F)F)cc1F)OCc1ccccc1. The Morgan fingerprint density at radius 3 is 2.50 bits per heavy atom. The third-order valence-electron chi connectivity index (χ3n) is 3.42. The Hall–Kier alpha value is -2.83. The molecule has 0 aliphatic carbocycles. The van der Waals surface area contributed by atoms with Crippen LogP contribution < -0.4 is 5.32 Å². The van der Waals surface area contributed by atoms with Gasteiger partial charge in [-0.05, 0) is 24.1 Å². The third-order valence-corrected chi connectivity index (χ3v) is 3.42. The molecule has 2 rings (SSSR count). The van der Waals surface area contributed by atoms with Crippen molar-refractivity contribution >= 4 is 12.2 Å². The molecule has 1 amide bonds. The molecule has 1 N–H and O–H groups in total. The maximum atomic E-state index is 13.6. The molecule has 0 heterocycles. The summed E-state index contributed by atoms with van der Waals surface area (Å²) in [5, 5.41) is 2.53. The Morgan fingerprint density at radius 2 is 1.85 bits per heavy atom. The second kappa shape index (κ2) is 9.03. The standard InChI is InChI=1S/C19H17F4NO2/c20-17-12-16(19(21,22)23)10-9-15(17)8-4-5-11-24-18(25)26-13-14-6-2-1-3-7-14/h1-4,6-10,12H,5,11,13H2,(H,24,25). The number of carbonyl (C=O) groups is 1. The lowest BCUT2D eigenvalue weighted by atomic mass is 10.1. The molecule has 0 fully saturated rings. The number of benzene rings is 2. The van der Waals surface area contributed by atoms with Gasteiger partial charge in [0.1, 0.15) is 12.4 Å². The van der Waals surface area contributed by atoms with E-state index in [0.29, 0.717) is 12.5 Å². The summed E-state index contributed by atoms with van der Waals surface area (Å²) in [7, 11) is 0. The van der Waals surface area contributed by atoms with Crippen LogP contribution >= 0.6 is 0 Å². The first-order valence-corrected chi connectivity index (χ1v) is 7.84. The molecule has 0 aromatic heterocycles. The van der Waals surface area contributed by atoms with E-state index in [1.54, 1.807) is 6.08 Å². The molecule has 2 aromatic carbocycles. The van der Waals surface area contributed by atoms with Gasteiger partial charge in [0.25, 0.3) is 0 Å². The largest absolute Gasteiger partial charge is 0.445 e. The van der Waals surface area contributed by atoms with Crippen molar-refractivity contribution in [2.24, 2.45) is 0 Å². The lowest BCUT2D eigenvalue weighted by Gasteiger charge is -2.07. The summed E-state index contributed by atoms with van der Waals surface area (Å²) in [6.07, 6.45) is -1.85. The molecular weight excluding hydrogens is 350 g/mol. The van der Waals surface area contributed by atoms with Crippen LogP contribution in [0, 0.1) is 5.82 Å². The normalized spacial score (nSPS) is 11.5. The highest BCUT2D eigenvalue weighted by atomic mass is 19.4. The molecule has 0 aliphatic heterocycles. The van der Waals surface area contributed by atoms with Gasteiger partial charge in [0.15, 0.2) is 0 Å². The summed E-state index contributed by atoms with van der Waals surface area (Å²) in [5.41, 5.74) is -0.125. The van der Waals surface area contributed by atoms with Gasteiger partial charge in [0.2, 0.25) is 0 Å². The zero-order valence-corrected chi connectivity index (χ0v) is 13.7. The number of alkyl carbamates (subject to hydrolysis) is 1. The van der Waals surface area contributed by atoms with E-state index in [9.17, 15) is 22.4 Å². The van der Waals surface area contributed by atoms with Crippen LogP contribution in [0.3, 0.4) is 0 Å². The van der Waals surface area contributed by atoms with E-state index in [-0.39, 0.29) is 18.7 Å². The second-order valence-electron chi connectivity index (χ2n) is 5.41. The van der Waals surface area contributed by atoms with Crippen LogP contribution in [0.2, 0.25) is 0 Å². The van der Waals surface area contributed by atoms with Crippen molar-refractivity contribution in [2.45, 2.75) is 19.2 Å².